The summed E-state index contributed by atoms with van der Waals surface area (Å²) in [6.45, 7) is 7.59. The summed E-state index contributed by atoms with van der Waals surface area (Å²) in [6.07, 6.45) is 77.5. The van der Waals surface area contributed by atoms with Gasteiger partial charge in [-0.3, -0.25) is 9.59 Å². The SMILES string of the molecule is CC/C=C\C/C=C\C/C=C\C/C=C\CCCCCCC(=O)OCC(COCCCCCCCCCCCCCCCCCCCCCC)OC(=O)CCCCCCC/C=C\C/C=C\C/C=C\CC. The van der Waals surface area contributed by atoms with Gasteiger partial charge in [-0.25, -0.2) is 0 Å². The lowest BCUT2D eigenvalue weighted by atomic mass is 10.0. The van der Waals surface area contributed by atoms with Crippen molar-refractivity contribution in [2.45, 2.75) is 284 Å². The second kappa shape index (κ2) is 58.4. The van der Waals surface area contributed by atoms with E-state index in [-0.39, 0.29) is 25.2 Å². The standard InChI is InChI=1S/C63H110O5/c1-4-7-10-13-16-19-22-25-28-30-31-32-34-37-40-43-46-49-52-55-58-66-59-61(68-63(65)57-54-51-48-45-42-39-35-27-24-21-18-15-12-9-6-3)60-67-62(64)56-53-50-47-44-41-38-36-33-29-26-23-20-17-14-11-8-5-2/h8-9,11-12,17-18,20-21,26-27,29,35-36,38,61H,4-7,10,13-16,19,22-25,28,30-34,37,39-60H2,1-3H3/b11-8-,12-9-,20-17-,21-18-,29-26-,35-27-,38-36-. The van der Waals surface area contributed by atoms with Crippen LogP contribution in [0.4, 0.5) is 0 Å². The first-order valence-electron chi connectivity index (χ1n) is 29.1. The van der Waals surface area contributed by atoms with E-state index in [4.69, 9.17) is 14.2 Å². The maximum absolute atomic E-state index is 12.9. The van der Waals surface area contributed by atoms with Crippen LogP contribution in [0, 0.1) is 0 Å². The molecule has 0 amide bonds. The molecular weight excluding hydrogens is 837 g/mol. The van der Waals surface area contributed by atoms with Gasteiger partial charge >= 0.3 is 11.9 Å². The summed E-state index contributed by atoms with van der Waals surface area (Å²) in [5, 5.41) is 0. The van der Waals surface area contributed by atoms with Gasteiger partial charge in [0, 0.05) is 19.4 Å². The molecule has 0 radical (unpaired) electrons. The fourth-order valence-corrected chi connectivity index (χ4v) is 8.16. The van der Waals surface area contributed by atoms with Crippen molar-refractivity contribution in [3.63, 3.8) is 0 Å². The third kappa shape index (κ3) is 55.7. The van der Waals surface area contributed by atoms with Gasteiger partial charge in [0.2, 0.25) is 0 Å². The predicted molar refractivity (Wildman–Crippen MR) is 297 cm³/mol. The molecule has 0 aromatic carbocycles. The Hall–Kier alpha value is -2.92. The van der Waals surface area contributed by atoms with E-state index < -0.39 is 6.10 Å². The van der Waals surface area contributed by atoms with Crippen LogP contribution in [0.5, 0.6) is 0 Å². The molecule has 0 bridgehead atoms. The summed E-state index contributed by atoms with van der Waals surface area (Å²) in [6, 6.07) is 0. The Morgan fingerprint density at radius 1 is 0.338 bits per heavy atom. The van der Waals surface area contributed by atoms with E-state index in [1.807, 2.05) is 0 Å². The predicted octanol–water partition coefficient (Wildman–Crippen LogP) is 20.0. The number of esters is 2. The minimum Gasteiger partial charge on any atom is -0.462 e. The molecule has 68 heavy (non-hydrogen) atoms. The Labute approximate surface area is 422 Å². The zero-order chi connectivity index (χ0) is 49.2. The molecule has 0 aliphatic carbocycles. The average molecular weight is 948 g/mol. The summed E-state index contributed by atoms with van der Waals surface area (Å²) in [5.74, 6) is -0.437. The van der Waals surface area contributed by atoms with Crippen LogP contribution < -0.4 is 0 Å². The van der Waals surface area contributed by atoms with E-state index in [1.54, 1.807) is 0 Å². The molecule has 0 saturated carbocycles. The number of unbranched alkanes of at least 4 members (excludes halogenated alkanes) is 28. The van der Waals surface area contributed by atoms with Crippen molar-refractivity contribution >= 4 is 11.9 Å². The molecule has 392 valence electrons. The van der Waals surface area contributed by atoms with Crippen molar-refractivity contribution in [2.24, 2.45) is 0 Å². The van der Waals surface area contributed by atoms with Crippen molar-refractivity contribution in [1.29, 1.82) is 0 Å². The number of rotatable bonds is 53. The van der Waals surface area contributed by atoms with Gasteiger partial charge in [0.25, 0.3) is 0 Å². The first-order chi connectivity index (χ1) is 33.6. The minimum absolute atomic E-state index is 0.0644. The largest absolute Gasteiger partial charge is 0.462 e. The smallest absolute Gasteiger partial charge is 0.306 e. The van der Waals surface area contributed by atoms with Crippen LogP contribution in [0.25, 0.3) is 0 Å². The molecule has 0 heterocycles. The van der Waals surface area contributed by atoms with Gasteiger partial charge in [0.05, 0.1) is 6.61 Å². The first kappa shape index (κ1) is 65.1. The summed E-state index contributed by atoms with van der Waals surface area (Å²) in [7, 11) is 0. The van der Waals surface area contributed by atoms with E-state index in [0.717, 1.165) is 116 Å². The number of carbonyl (C=O) groups is 2. The fourth-order valence-electron chi connectivity index (χ4n) is 8.16. The highest BCUT2D eigenvalue weighted by molar-refractivity contribution is 5.70. The molecule has 0 aliphatic rings. The van der Waals surface area contributed by atoms with E-state index in [9.17, 15) is 9.59 Å². The minimum atomic E-state index is -0.558. The number of allylic oxidation sites excluding steroid dienone is 14. The van der Waals surface area contributed by atoms with Gasteiger partial charge in [-0.15, -0.1) is 0 Å². The van der Waals surface area contributed by atoms with Crippen LogP contribution in [-0.4, -0.2) is 37.9 Å². The molecule has 5 nitrogen and oxygen atoms in total. The van der Waals surface area contributed by atoms with E-state index in [1.165, 1.54) is 128 Å². The van der Waals surface area contributed by atoms with Crippen LogP contribution in [0.15, 0.2) is 85.1 Å². The highest BCUT2D eigenvalue weighted by Gasteiger charge is 2.17. The number of ether oxygens (including phenoxy) is 3. The highest BCUT2D eigenvalue weighted by atomic mass is 16.6. The molecule has 0 aliphatic heterocycles. The zero-order valence-electron chi connectivity index (χ0n) is 45.1. The second-order valence-electron chi connectivity index (χ2n) is 19.1. The monoisotopic (exact) mass is 947 g/mol. The summed E-state index contributed by atoms with van der Waals surface area (Å²) in [5.41, 5.74) is 0. The molecule has 1 atom stereocenters. The number of hydrogen-bond donors (Lipinski definition) is 0. The van der Waals surface area contributed by atoms with Crippen LogP contribution in [-0.2, 0) is 23.8 Å². The second-order valence-corrected chi connectivity index (χ2v) is 19.1. The molecule has 0 saturated heterocycles. The molecule has 0 fully saturated rings. The quantitative estimate of drug-likeness (QED) is 0.0345. The topological polar surface area (TPSA) is 61.8 Å². The van der Waals surface area contributed by atoms with Crippen molar-refractivity contribution in [3.05, 3.63) is 85.1 Å². The van der Waals surface area contributed by atoms with Crippen molar-refractivity contribution in [1.82, 2.24) is 0 Å². The molecule has 1 unspecified atom stereocenters. The van der Waals surface area contributed by atoms with Gasteiger partial charge in [0.1, 0.15) is 6.61 Å². The molecular formula is C63H110O5. The van der Waals surface area contributed by atoms with Gasteiger partial charge < -0.3 is 14.2 Å². The van der Waals surface area contributed by atoms with Crippen LogP contribution >= 0.6 is 0 Å². The normalized spacial score (nSPS) is 12.8. The van der Waals surface area contributed by atoms with E-state index in [2.05, 4.69) is 106 Å². The number of carbonyl (C=O) groups excluding carboxylic acids is 2. The Kier molecular flexibility index (Phi) is 55.9. The van der Waals surface area contributed by atoms with Gasteiger partial charge in [-0.2, -0.15) is 0 Å². The Morgan fingerprint density at radius 3 is 1.06 bits per heavy atom. The van der Waals surface area contributed by atoms with Gasteiger partial charge in [0.15, 0.2) is 6.10 Å². The van der Waals surface area contributed by atoms with Crippen molar-refractivity contribution < 1.29 is 23.8 Å². The Morgan fingerprint density at radius 2 is 0.662 bits per heavy atom. The summed E-state index contributed by atoms with van der Waals surface area (Å²) in [4.78, 5) is 25.5. The fraction of sp³-hybridized carbons (Fsp3) is 0.746. The van der Waals surface area contributed by atoms with E-state index >= 15 is 0 Å². The third-order valence-corrected chi connectivity index (χ3v) is 12.4. The lowest BCUT2D eigenvalue weighted by molar-refractivity contribution is -0.163. The highest BCUT2D eigenvalue weighted by Crippen LogP contribution is 2.16. The Bertz CT molecular complexity index is 1250. The summed E-state index contributed by atoms with van der Waals surface area (Å²) < 4.78 is 17.5. The lowest BCUT2D eigenvalue weighted by Gasteiger charge is -2.18. The molecule has 0 rings (SSSR count). The van der Waals surface area contributed by atoms with Gasteiger partial charge in [-0.1, -0.05) is 260 Å². The maximum atomic E-state index is 12.9. The molecule has 0 N–H and O–H groups in total. The van der Waals surface area contributed by atoms with Gasteiger partial charge in [-0.05, 0) is 89.9 Å². The third-order valence-electron chi connectivity index (χ3n) is 12.4. The number of hydrogen-bond acceptors (Lipinski definition) is 5. The van der Waals surface area contributed by atoms with Crippen molar-refractivity contribution in [2.75, 3.05) is 19.8 Å². The molecule has 0 spiro atoms. The zero-order valence-corrected chi connectivity index (χ0v) is 45.1. The van der Waals surface area contributed by atoms with Crippen LogP contribution in [0.2, 0.25) is 0 Å². The maximum Gasteiger partial charge on any atom is 0.306 e. The van der Waals surface area contributed by atoms with Crippen LogP contribution in [0.3, 0.4) is 0 Å². The average Bonchev–Trinajstić information content (AvgIpc) is 3.34. The summed E-state index contributed by atoms with van der Waals surface area (Å²) >= 11 is 0. The van der Waals surface area contributed by atoms with Crippen LogP contribution in [0.1, 0.15) is 278 Å². The lowest BCUT2D eigenvalue weighted by Crippen LogP contribution is -2.30. The molecule has 0 aromatic heterocycles. The first-order valence-corrected chi connectivity index (χ1v) is 29.1. The van der Waals surface area contributed by atoms with E-state index in [0.29, 0.717) is 19.4 Å². The molecule has 5 heteroatoms. The van der Waals surface area contributed by atoms with Crippen molar-refractivity contribution in [3.8, 4) is 0 Å². The Balaban J connectivity index is 4.30. The molecule has 0 aromatic rings.